The number of carbonyl (C=O) groups excluding carboxylic acids is 1. The normalized spacial score (nSPS) is 13.9. The van der Waals surface area contributed by atoms with E-state index in [9.17, 15) is 22.5 Å². The Hall–Kier alpha value is -3.78. The van der Waals surface area contributed by atoms with Gasteiger partial charge in [0.15, 0.2) is 23.0 Å². The number of rotatable bonds is 7. The van der Waals surface area contributed by atoms with Crippen LogP contribution in [0.15, 0.2) is 36.4 Å². The van der Waals surface area contributed by atoms with Crippen LogP contribution in [0.4, 0.5) is 13.2 Å². The van der Waals surface area contributed by atoms with Crippen molar-refractivity contribution in [3.8, 4) is 40.6 Å². The van der Waals surface area contributed by atoms with Gasteiger partial charge in [0.25, 0.3) is 0 Å². The molecule has 0 unspecified atom stereocenters. The number of fused-ring (bicyclic) bond motifs is 2. The summed E-state index contributed by atoms with van der Waals surface area (Å²) in [6.45, 7) is -1.11. The predicted molar refractivity (Wildman–Crippen MR) is 102 cm³/mol. The molecule has 0 aliphatic carbocycles. The molecule has 2 aliphatic rings. The number of benzene rings is 2. The van der Waals surface area contributed by atoms with Crippen molar-refractivity contribution in [3.63, 3.8) is 0 Å². The summed E-state index contributed by atoms with van der Waals surface area (Å²) < 4.78 is 84.3. The SMILES string of the molecule is N#CCN(CP(=O)(Oc1ccc2c(c1)OCO2)Oc1ccc2c(c1)OCO2)C(=O)C(F)(F)F. The number of hydrogen-bond donors (Lipinski definition) is 0. The van der Waals surface area contributed by atoms with Crippen LogP contribution in [0.1, 0.15) is 0 Å². The minimum atomic E-state index is -5.31. The van der Waals surface area contributed by atoms with Gasteiger partial charge in [0.1, 0.15) is 24.3 Å². The fourth-order valence-corrected chi connectivity index (χ4v) is 4.59. The topological polar surface area (TPSA) is 117 Å². The molecule has 0 spiro atoms. The lowest BCUT2D eigenvalue weighted by atomic mass is 10.3. The Morgan fingerprint density at radius 2 is 1.45 bits per heavy atom. The third-order valence-electron chi connectivity index (χ3n) is 4.31. The highest BCUT2D eigenvalue weighted by Crippen LogP contribution is 2.51. The first-order chi connectivity index (χ1) is 15.7. The van der Waals surface area contributed by atoms with E-state index in [0.717, 1.165) is 0 Å². The minimum Gasteiger partial charge on any atom is -0.454 e. The van der Waals surface area contributed by atoms with Gasteiger partial charge < -0.3 is 32.9 Å². The van der Waals surface area contributed by atoms with E-state index in [1.165, 1.54) is 42.5 Å². The van der Waals surface area contributed by atoms with Gasteiger partial charge in [0, 0.05) is 12.1 Å². The van der Waals surface area contributed by atoms with Crippen LogP contribution in [0, 0.1) is 11.3 Å². The lowest BCUT2D eigenvalue weighted by Gasteiger charge is -2.26. The molecular formula is C19H14F3N2O8P. The van der Waals surface area contributed by atoms with Crippen LogP contribution in [0.5, 0.6) is 34.5 Å². The van der Waals surface area contributed by atoms with Crippen molar-refractivity contribution in [2.45, 2.75) is 6.18 Å². The zero-order valence-electron chi connectivity index (χ0n) is 16.5. The standard InChI is InChI=1S/C19H14F3N2O8P/c20-19(21,22)18(25)24(6-5-23)9-33(26,31-12-1-3-14-16(7-12)29-10-27-14)32-13-2-4-15-17(8-13)30-11-28-15/h1-4,7-8H,6,9-11H2. The molecule has 0 radical (unpaired) electrons. The molecule has 33 heavy (non-hydrogen) atoms. The molecule has 10 nitrogen and oxygen atoms in total. The summed E-state index contributed by atoms with van der Waals surface area (Å²) in [5.74, 6) is -1.27. The first kappa shape index (κ1) is 22.4. The second-order valence-corrected chi connectivity index (χ2v) is 8.49. The molecule has 174 valence electrons. The summed E-state index contributed by atoms with van der Waals surface area (Å²) in [7, 11) is -4.56. The maximum atomic E-state index is 13.6. The van der Waals surface area contributed by atoms with Gasteiger partial charge in [-0.05, 0) is 24.3 Å². The number of halogens is 3. The average Bonchev–Trinajstić information content (AvgIpc) is 3.40. The summed E-state index contributed by atoms with van der Waals surface area (Å²) in [5.41, 5.74) is 0. The number of carbonyl (C=O) groups is 1. The van der Waals surface area contributed by atoms with Crippen molar-refractivity contribution in [3.05, 3.63) is 36.4 Å². The van der Waals surface area contributed by atoms with E-state index >= 15 is 0 Å². The molecule has 0 bridgehead atoms. The first-order valence-electron chi connectivity index (χ1n) is 9.17. The maximum Gasteiger partial charge on any atom is 0.471 e. The number of alkyl halides is 3. The Balaban J connectivity index is 1.65. The number of nitrogens with zero attached hydrogens (tertiary/aromatic N) is 2. The fraction of sp³-hybridized carbons (Fsp3) is 0.263. The summed E-state index contributed by atoms with van der Waals surface area (Å²) in [5, 5.41) is 8.90. The summed E-state index contributed by atoms with van der Waals surface area (Å²) in [6, 6.07) is 9.60. The predicted octanol–water partition coefficient (Wildman–Crippen LogP) is 3.67. The molecular weight excluding hydrogens is 472 g/mol. The van der Waals surface area contributed by atoms with Gasteiger partial charge in [-0.25, -0.2) is 4.57 Å². The summed E-state index contributed by atoms with van der Waals surface area (Å²) in [6.07, 6.45) is -6.47. The maximum absolute atomic E-state index is 13.6. The highest BCUT2D eigenvalue weighted by atomic mass is 31.2. The second-order valence-electron chi connectivity index (χ2n) is 6.62. The largest absolute Gasteiger partial charge is 0.471 e. The highest BCUT2D eigenvalue weighted by molar-refractivity contribution is 7.54. The number of ether oxygens (including phenoxy) is 4. The minimum absolute atomic E-state index is 0.0424. The molecule has 2 aliphatic heterocycles. The van der Waals surface area contributed by atoms with Gasteiger partial charge in [0.2, 0.25) is 13.6 Å². The van der Waals surface area contributed by atoms with Gasteiger partial charge in [-0.2, -0.15) is 18.4 Å². The van der Waals surface area contributed by atoms with Crippen LogP contribution in [0.2, 0.25) is 0 Å². The van der Waals surface area contributed by atoms with Crippen molar-refractivity contribution in [1.29, 1.82) is 5.26 Å². The Kier molecular flexibility index (Phi) is 5.86. The van der Waals surface area contributed by atoms with Crippen LogP contribution in [-0.2, 0) is 9.36 Å². The fourth-order valence-electron chi connectivity index (χ4n) is 2.92. The molecule has 0 fully saturated rings. The van der Waals surface area contributed by atoms with E-state index in [4.69, 9.17) is 33.3 Å². The third kappa shape index (κ3) is 5.01. The average molecular weight is 486 g/mol. The number of amides is 1. The lowest BCUT2D eigenvalue weighted by Crippen LogP contribution is -2.42. The molecule has 0 aromatic heterocycles. The second kappa shape index (κ2) is 8.63. The summed E-state index contributed by atoms with van der Waals surface area (Å²) in [4.78, 5) is 11.8. The molecule has 2 heterocycles. The Morgan fingerprint density at radius 1 is 0.970 bits per heavy atom. The van der Waals surface area contributed by atoms with Crippen molar-refractivity contribution < 1.29 is 50.5 Å². The third-order valence-corrected chi connectivity index (χ3v) is 5.98. The molecule has 4 rings (SSSR count). The molecule has 2 aromatic rings. The zero-order valence-corrected chi connectivity index (χ0v) is 17.4. The monoisotopic (exact) mass is 486 g/mol. The first-order valence-corrected chi connectivity index (χ1v) is 10.9. The quantitative estimate of drug-likeness (QED) is 0.427. The van der Waals surface area contributed by atoms with Crippen molar-refractivity contribution >= 4 is 13.5 Å². The Bertz CT molecular complexity index is 1100. The van der Waals surface area contributed by atoms with E-state index in [1.807, 2.05) is 0 Å². The molecule has 0 saturated carbocycles. The van der Waals surface area contributed by atoms with Crippen LogP contribution in [0.25, 0.3) is 0 Å². The Labute approximate surface area is 184 Å². The van der Waals surface area contributed by atoms with Gasteiger partial charge in [-0.15, -0.1) is 0 Å². The van der Waals surface area contributed by atoms with Gasteiger partial charge in [-0.1, -0.05) is 0 Å². The molecule has 0 N–H and O–H groups in total. The van der Waals surface area contributed by atoms with Crippen LogP contribution < -0.4 is 28.0 Å². The molecule has 2 aromatic carbocycles. The van der Waals surface area contributed by atoms with E-state index in [0.29, 0.717) is 11.5 Å². The van der Waals surface area contributed by atoms with E-state index in [1.54, 1.807) is 0 Å². The highest BCUT2D eigenvalue weighted by Gasteiger charge is 2.46. The van der Waals surface area contributed by atoms with E-state index in [-0.39, 0.29) is 41.5 Å². The Morgan fingerprint density at radius 3 is 1.91 bits per heavy atom. The van der Waals surface area contributed by atoms with Gasteiger partial charge >= 0.3 is 19.7 Å². The lowest BCUT2D eigenvalue weighted by molar-refractivity contribution is -0.184. The number of hydrogen-bond acceptors (Lipinski definition) is 9. The summed E-state index contributed by atoms with van der Waals surface area (Å²) >= 11 is 0. The van der Waals surface area contributed by atoms with Crippen molar-refractivity contribution in [2.24, 2.45) is 0 Å². The molecule has 0 saturated heterocycles. The van der Waals surface area contributed by atoms with Crippen molar-refractivity contribution in [2.75, 3.05) is 26.4 Å². The van der Waals surface area contributed by atoms with E-state index < -0.39 is 32.5 Å². The molecule has 14 heteroatoms. The molecule has 0 atom stereocenters. The smallest absolute Gasteiger partial charge is 0.454 e. The van der Waals surface area contributed by atoms with Crippen LogP contribution in [0.3, 0.4) is 0 Å². The number of nitriles is 1. The van der Waals surface area contributed by atoms with Gasteiger partial charge in [0.05, 0.1) is 6.07 Å². The zero-order chi connectivity index (χ0) is 23.6. The molecule has 1 amide bonds. The van der Waals surface area contributed by atoms with Crippen LogP contribution in [-0.4, -0.2) is 43.4 Å². The van der Waals surface area contributed by atoms with Gasteiger partial charge in [-0.3, -0.25) is 4.79 Å². The van der Waals surface area contributed by atoms with Crippen LogP contribution >= 0.6 is 7.60 Å². The van der Waals surface area contributed by atoms with E-state index in [2.05, 4.69) is 0 Å². The van der Waals surface area contributed by atoms with Crippen molar-refractivity contribution in [1.82, 2.24) is 4.90 Å².